The lowest BCUT2D eigenvalue weighted by Gasteiger charge is -2.44. The van der Waals surface area contributed by atoms with Crippen molar-refractivity contribution in [3.8, 4) is 11.5 Å². The summed E-state index contributed by atoms with van der Waals surface area (Å²) in [6, 6.07) is 14.8. The molecule has 4 nitrogen and oxygen atoms in total. The zero-order valence-electron chi connectivity index (χ0n) is 14.0. The molecular weight excluding hydrogens is 336 g/mol. The van der Waals surface area contributed by atoms with Crippen LogP contribution in [0.5, 0.6) is 11.5 Å². The number of halogens is 1. The Balaban J connectivity index is 1.39. The van der Waals surface area contributed by atoms with Crippen LogP contribution < -0.4 is 10.1 Å². The van der Waals surface area contributed by atoms with Gasteiger partial charge in [0.05, 0.1) is 0 Å². The minimum atomic E-state index is -0.00643. The van der Waals surface area contributed by atoms with E-state index in [2.05, 4.69) is 10.2 Å². The van der Waals surface area contributed by atoms with Gasteiger partial charge in [-0.1, -0.05) is 17.7 Å². The molecule has 3 heterocycles. The molecule has 0 saturated carbocycles. The quantitative estimate of drug-likeness (QED) is 0.901. The first-order valence-corrected chi connectivity index (χ1v) is 9.12. The van der Waals surface area contributed by atoms with Crippen LogP contribution in [0, 0.1) is 5.92 Å². The fourth-order valence-electron chi connectivity index (χ4n) is 3.72. The number of nitrogens with one attached hydrogen (secondary N) is 1. The number of ether oxygens (including phenoxy) is 1. The van der Waals surface area contributed by atoms with Crippen LogP contribution in [0.25, 0.3) is 0 Å². The normalized spacial score (nSPS) is 24.8. The maximum absolute atomic E-state index is 12.5. The summed E-state index contributed by atoms with van der Waals surface area (Å²) in [5.41, 5.74) is 0.662. The fourth-order valence-corrected chi connectivity index (χ4v) is 3.90. The van der Waals surface area contributed by atoms with Gasteiger partial charge >= 0.3 is 0 Å². The number of hydrogen-bond donors (Lipinski definition) is 1. The lowest BCUT2D eigenvalue weighted by atomic mass is 9.84. The number of hydrogen-bond acceptors (Lipinski definition) is 3. The predicted molar refractivity (Wildman–Crippen MR) is 98.4 cm³/mol. The zero-order chi connectivity index (χ0) is 17.2. The van der Waals surface area contributed by atoms with Crippen molar-refractivity contribution in [2.45, 2.75) is 18.9 Å². The molecule has 0 spiro atoms. The van der Waals surface area contributed by atoms with Gasteiger partial charge in [-0.15, -0.1) is 0 Å². The summed E-state index contributed by atoms with van der Waals surface area (Å²) in [4.78, 5) is 15.0. The molecule has 0 aromatic heterocycles. The summed E-state index contributed by atoms with van der Waals surface area (Å²) in [6.07, 6.45) is 2.38. The third-order valence-electron chi connectivity index (χ3n) is 5.12. The van der Waals surface area contributed by atoms with E-state index in [-0.39, 0.29) is 11.9 Å². The molecule has 3 fully saturated rings. The first-order chi connectivity index (χ1) is 12.2. The number of nitrogens with zero attached hydrogens (tertiary/aromatic N) is 1. The van der Waals surface area contributed by atoms with Crippen molar-refractivity contribution in [1.82, 2.24) is 10.2 Å². The summed E-state index contributed by atoms with van der Waals surface area (Å²) < 4.78 is 5.76. The Morgan fingerprint density at radius 2 is 1.84 bits per heavy atom. The average molecular weight is 357 g/mol. The van der Waals surface area contributed by atoms with Crippen LogP contribution in [-0.4, -0.2) is 36.5 Å². The Labute approximate surface area is 152 Å². The third kappa shape index (κ3) is 3.80. The second kappa shape index (κ2) is 7.06. The van der Waals surface area contributed by atoms with Crippen LogP contribution in [0.4, 0.5) is 0 Å². The molecule has 130 valence electrons. The second-order valence-corrected chi connectivity index (χ2v) is 7.24. The Morgan fingerprint density at radius 1 is 1.08 bits per heavy atom. The van der Waals surface area contributed by atoms with Gasteiger partial charge < -0.3 is 15.0 Å². The van der Waals surface area contributed by atoms with Crippen molar-refractivity contribution in [3.63, 3.8) is 0 Å². The summed E-state index contributed by atoms with van der Waals surface area (Å²) in [7, 11) is 0. The Hall–Kier alpha value is -2.04. The van der Waals surface area contributed by atoms with E-state index >= 15 is 0 Å². The van der Waals surface area contributed by atoms with E-state index in [1.54, 1.807) is 24.3 Å². The number of carbonyl (C=O) groups excluding carboxylic acids is 1. The van der Waals surface area contributed by atoms with Crippen molar-refractivity contribution in [3.05, 3.63) is 59.1 Å². The summed E-state index contributed by atoms with van der Waals surface area (Å²) >= 11 is 5.96. The van der Waals surface area contributed by atoms with Gasteiger partial charge in [0.2, 0.25) is 0 Å². The van der Waals surface area contributed by atoms with Crippen molar-refractivity contribution in [2.24, 2.45) is 5.92 Å². The van der Waals surface area contributed by atoms with Crippen LogP contribution in [-0.2, 0) is 0 Å². The van der Waals surface area contributed by atoms with Gasteiger partial charge in [0, 0.05) is 23.2 Å². The van der Waals surface area contributed by atoms with Crippen molar-refractivity contribution < 1.29 is 9.53 Å². The van der Waals surface area contributed by atoms with E-state index in [0.29, 0.717) is 28.0 Å². The molecule has 0 radical (unpaired) electrons. The number of benzene rings is 2. The summed E-state index contributed by atoms with van der Waals surface area (Å²) in [5, 5.41) is 3.83. The van der Waals surface area contributed by atoms with Crippen LogP contribution >= 0.6 is 11.6 Å². The molecule has 25 heavy (non-hydrogen) atoms. The van der Waals surface area contributed by atoms with Gasteiger partial charge in [0.25, 0.3) is 5.91 Å². The standard InChI is InChI=1S/C20H21ClN2O2/c21-16-2-1-3-18(12-16)25-17-6-4-15(5-7-17)20(24)22-19-13-23-10-8-14(19)9-11-23/h1-7,12,14,19H,8-11,13H2,(H,22,24). The Kier molecular flexibility index (Phi) is 4.64. The number of piperidine rings is 3. The van der Waals surface area contributed by atoms with E-state index in [0.717, 1.165) is 6.54 Å². The average Bonchev–Trinajstić information content (AvgIpc) is 2.63. The molecule has 1 N–H and O–H groups in total. The Bertz CT molecular complexity index is 755. The van der Waals surface area contributed by atoms with Gasteiger partial charge in [0.15, 0.2) is 0 Å². The van der Waals surface area contributed by atoms with E-state index in [1.807, 2.05) is 24.3 Å². The molecule has 2 aromatic rings. The highest BCUT2D eigenvalue weighted by atomic mass is 35.5. The van der Waals surface area contributed by atoms with Gasteiger partial charge in [0.1, 0.15) is 11.5 Å². The molecule has 2 aromatic carbocycles. The van der Waals surface area contributed by atoms with Crippen LogP contribution in [0.3, 0.4) is 0 Å². The third-order valence-corrected chi connectivity index (χ3v) is 5.36. The smallest absolute Gasteiger partial charge is 0.251 e. The molecule has 0 aliphatic carbocycles. The highest BCUT2D eigenvalue weighted by molar-refractivity contribution is 6.30. The lowest BCUT2D eigenvalue weighted by molar-refractivity contribution is 0.0620. The maximum atomic E-state index is 12.5. The molecule has 1 atom stereocenters. The van der Waals surface area contributed by atoms with Crippen LogP contribution in [0.15, 0.2) is 48.5 Å². The molecule has 1 unspecified atom stereocenters. The van der Waals surface area contributed by atoms with Crippen molar-refractivity contribution in [2.75, 3.05) is 19.6 Å². The monoisotopic (exact) mass is 356 g/mol. The highest BCUT2D eigenvalue weighted by Crippen LogP contribution is 2.28. The highest BCUT2D eigenvalue weighted by Gasteiger charge is 2.34. The maximum Gasteiger partial charge on any atom is 0.251 e. The second-order valence-electron chi connectivity index (χ2n) is 6.80. The predicted octanol–water partition coefficient (Wildman–Crippen LogP) is 3.96. The Morgan fingerprint density at radius 3 is 2.48 bits per heavy atom. The molecule has 3 aliphatic rings. The van der Waals surface area contributed by atoms with Gasteiger partial charge in [-0.3, -0.25) is 4.79 Å². The minimum absolute atomic E-state index is 0.00643. The molecule has 3 saturated heterocycles. The zero-order valence-corrected chi connectivity index (χ0v) is 14.7. The van der Waals surface area contributed by atoms with Gasteiger partial charge in [-0.25, -0.2) is 0 Å². The number of rotatable bonds is 4. The van der Waals surface area contributed by atoms with Crippen LogP contribution in [0.2, 0.25) is 5.02 Å². The van der Waals surface area contributed by atoms with E-state index in [1.165, 1.54) is 25.9 Å². The molecule has 5 rings (SSSR count). The van der Waals surface area contributed by atoms with E-state index < -0.39 is 0 Å². The van der Waals surface area contributed by atoms with Gasteiger partial charge in [-0.05, 0) is 74.3 Å². The topological polar surface area (TPSA) is 41.6 Å². The SMILES string of the molecule is O=C(NC1CN2CCC1CC2)c1ccc(Oc2cccc(Cl)c2)cc1. The first kappa shape index (κ1) is 16.4. The number of fused-ring (bicyclic) bond motifs is 3. The lowest BCUT2D eigenvalue weighted by Crippen LogP contribution is -2.57. The molecular formula is C20H21ClN2O2. The van der Waals surface area contributed by atoms with E-state index in [4.69, 9.17) is 16.3 Å². The summed E-state index contributed by atoms with van der Waals surface area (Å²) in [6.45, 7) is 3.32. The largest absolute Gasteiger partial charge is 0.457 e. The van der Waals surface area contributed by atoms with Crippen molar-refractivity contribution >= 4 is 17.5 Å². The van der Waals surface area contributed by atoms with E-state index in [9.17, 15) is 4.79 Å². The molecule has 2 bridgehead atoms. The number of amides is 1. The first-order valence-electron chi connectivity index (χ1n) is 8.74. The van der Waals surface area contributed by atoms with Crippen molar-refractivity contribution in [1.29, 1.82) is 0 Å². The molecule has 3 aliphatic heterocycles. The number of carbonyl (C=O) groups is 1. The molecule has 1 amide bonds. The summed E-state index contributed by atoms with van der Waals surface area (Å²) in [5.74, 6) is 1.98. The minimum Gasteiger partial charge on any atom is -0.457 e. The van der Waals surface area contributed by atoms with Gasteiger partial charge in [-0.2, -0.15) is 0 Å². The molecule has 5 heteroatoms. The fraction of sp³-hybridized carbons (Fsp3) is 0.350. The van der Waals surface area contributed by atoms with Crippen LogP contribution in [0.1, 0.15) is 23.2 Å².